The molecule has 0 aliphatic carbocycles. The van der Waals surface area contributed by atoms with Crippen LogP contribution in [-0.4, -0.2) is 53.6 Å². The van der Waals surface area contributed by atoms with E-state index in [9.17, 15) is 14.3 Å². The van der Waals surface area contributed by atoms with Gasteiger partial charge in [0.25, 0.3) is 0 Å². The van der Waals surface area contributed by atoms with Gasteiger partial charge in [-0.3, -0.25) is 9.36 Å². The van der Waals surface area contributed by atoms with Crippen LogP contribution in [0.15, 0.2) is 0 Å². The molecule has 124 valence electrons. The molecule has 0 spiro atoms. The molecule has 0 aromatic carbocycles. The summed E-state index contributed by atoms with van der Waals surface area (Å²) in [6.45, 7) is 8.09. The molecule has 2 unspecified atom stereocenters. The molecule has 0 aromatic heterocycles. The summed E-state index contributed by atoms with van der Waals surface area (Å²) in [5, 5.41) is 3.27. The van der Waals surface area contributed by atoms with Crippen molar-refractivity contribution in [2.24, 2.45) is 0 Å². The number of hydrogen-bond donors (Lipinski definition) is 2. The van der Waals surface area contributed by atoms with Crippen LogP contribution in [0.25, 0.3) is 0 Å². The van der Waals surface area contributed by atoms with E-state index in [0.717, 1.165) is 25.9 Å². The third-order valence-corrected chi connectivity index (χ3v) is 5.42. The first-order valence-corrected chi connectivity index (χ1v) is 9.66. The lowest BCUT2D eigenvalue weighted by molar-refractivity contribution is -0.133. The minimum absolute atomic E-state index is 0.0496. The maximum absolute atomic E-state index is 12.3. The third-order valence-electron chi connectivity index (χ3n) is 3.94. The number of piperidine rings is 1. The Hall–Kier alpha value is -0.420. The fraction of sp³-hybridized carbons (Fsp3) is 0.929. The Balaban J connectivity index is 2.48. The van der Waals surface area contributed by atoms with Crippen molar-refractivity contribution >= 4 is 13.5 Å². The number of amides is 1. The highest BCUT2D eigenvalue weighted by atomic mass is 31.2. The first-order valence-electron chi connectivity index (χ1n) is 7.90. The summed E-state index contributed by atoms with van der Waals surface area (Å²) in [5.41, 5.74) is 0. The predicted octanol–water partition coefficient (Wildman–Crippen LogP) is 1.98. The monoisotopic (exact) mass is 320 g/mol. The van der Waals surface area contributed by atoms with E-state index in [1.165, 1.54) is 0 Å². The number of nitrogens with one attached hydrogen (secondary N) is 1. The molecular weight excluding hydrogens is 291 g/mol. The van der Waals surface area contributed by atoms with Crippen LogP contribution in [0.2, 0.25) is 0 Å². The van der Waals surface area contributed by atoms with Crippen molar-refractivity contribution in [3.63, 3.8) is 0 Å². The maximum atomic E-state index is 12.3. The van der Waals surface area contributed by atoms with Gasteiger partial charge in [0.05, 0.1) is 12.3 Å². The average Bonchev–Trinajstić information content (AvgIpc) is 2.46. The van der Waals surface area contributed by atoms with E-state index in [4.69, 9.17) is 4.52 Å². The van der Waals surface area contributed by atoms with Crippen LogP contribution in [0.5, 0.6) is 0 Å². The molecule has 1 aliphatic rings. The molecule has 0 radical (unpaired) electrons. The van der Waals surface area contributed by atoms with E-state index >= 15 is 0 Å². The van der Waals surface area contributed by atoms with Gasteiger partial charge in [-0.1, -0.05) is 6.92 Å². The first-order chi connectivity index (χ1) is 9.89. The molecule has 0 aromatic rings. The Kier molecular flexibility index (Phi) is 7.88. The quantitative estimate of drug-likeness (QED) is 0.669. The van der Waals surface area contributed by atoms with Gasteiger partial charge in [0.1, 0.15) is 0 Å². The topological polar surface area (TPSA) is 78.9 Å². The number of carbonyl (C=O) groups is 1. The summed E-state index contributed by atoms with van der Waals surface area (Å²) in [5.74, 6) is -0.0496. The van der Waals surface area contributed by atoms with Crippen LogP contribution in [0.4, 0.5) is 0 Å². The van der Waals surface area contributed by atoms with Gasteiger partial charge >= 0.3 is 7.60 Å². The van der Waals surface area contributed by atoms with E-state index in [2.05, 4.69) is 5.32 Å². The second kappa shape index (κ2) is 8.89. The lowest BCUT2D eigenvalue weighted by Gasteiger charge is -2.34. The Morgan fingerprint density at radius 3 is 2.57 bits per heavy atom. The van der Waals surface area contributed by atoms with Crippen molar-refractivity contribution in [2.45, 2.75) is 58.6 Å². The molecule has 1 aliphatic heterocycles. The molecule has 0 saturated carbocycles. The zero-order chi connectivity index (χ0) is 15.9. The zero-order valence-electron chi connectivity index (χ0n) is 13.4. The predicted molar refractivity (Wildman–Crippen MR) is 83.4 cm³/mol. The van der Waals surface area contributed by atoms with E-state index in [1.807, 2.05) is 18.7 Å². The van der Waals surface area contributed by atoms with Gasteiger partial charge in [-0.05, 0) is 46.2 Å². The van der Waals surface area contributed by atoms with Crippen molar-refractivity contribution in [3.8, 4) is 0 Å². The van der Waals surface area contributed by atoms with Crippen LogP contribution in [0.1, 0.15) is 46.5 Å². The fourth-order valence-electron chi connectivity index (χ4n) is 2.55. The summed E-state index contributed by atoms with van der Waals surface area (Å²) in [6.07, 6.45) is 2.27. The van der Waals surface area contributed by atoms with Crippen LogP contribution < -0.4 is 5.32 Å². The molecule has 0 bridgehead atoms. The summed E-state index contributed by atoms with van der Waals surface area (Å²) < 4.78 is 17.1. The molecule has 2 N–H and O–H groups in total. The zero-order valence-corrected chi connectivity index (χ0v) is 14.3. The van der Waals surface area contributed by atoms with Crippen LogP contribution in [0.3, 0.4) is 0 Å². The molecule has 1 fully saturated rings. The summed E-state index contributed by atoms with van der Waals surface area (Å²) >= 11 is 0. The summed E-state index contributed by atoms with van der Waals surface area (Å²) in [6, 6.07) is 0.248. The van der Waals surface area contributed by atoms with E-state index in [0.29, 0.717) is 13.0 Å². The van der Waals surface area contributed by atoms with Gasteiger partial charge in [0, 0.05) is 19.0 Å². The van der Waals surface area contributed by atoms with Crippen LogP contribution >= 0.6 is 7.60 Å². The van der Waals surface area contributed by atoms with Crippen molar-refractivity contribution in [3.05, 3.63) is 0 Å². The van der Waals surface area contributed by atoms with E-state index in [-0.39, 0.29) is 30.6 Å². The Bertz CT molecular complexity index is 372. The SMILES string of the molecule is CCC(C)OP(=O)(O)CCC(=O)N(CC)C1CCNCC1. The summed E-state index contributed by atoms with van der Waals surface area (Å²) in [4.78, 5) is 23.9. The molecule has 1 saturated heterocycles. The molecule has 1 amide bonds. The molecule has 2 atom stereocenters. The van der Waals surface area contributed by atoms with E-state index in [1.54, 1.807) is 6.92 Å². The van der Waals surface area contributed by atoms with Gasteiger partial charge in [0.15, 0.2) is 0 Å². The standard InChI is InChI=1S/C14H29N2O4P/c1-4-12(3)20-21(18,19)11-8-14(17)16(5-2)13-6-9-15-10-7-13/h12-13,15H,4-11H2,1-3H3,(H,18,19). The second-order valence-corrected chi connectivity index (χ2v) is 7.53. The van der Waals surface area contributed by atoms with Crippen molar-refractivity contribution in [1.82, 2.24) is 10.2 Å². The third kappa shape index (κ3) is 6.47. The van der Waals surface area contributed by atoms with Crippen LogP contribution in [-0.2, 0) is 13.9 Å². The highest BCUT2D eigenvalue weighted by molar-refractivity contribution is 7.52. The molecule has 7 heteroatoms. The average molecular weight is 320 g/mol. The van der Waals surface area contributed by atoms with E-state index < -0.39 is 7.60 Å². The molecule has 1 heterocycles. The van der Waals surface area contributed by atoms with Crippen molar-refractivity contribution in [2.75, 3.05) is 25.8 Å². The normalized spacial score (nSPS) is 20.8. The Morgan fingerprint density at radius 2 is 2.05 bits per heavy atom. The molecule has 1 rings (SSSR count). The smallest absolute Gasteiger partial charge is 0.328 e. The molecule has 6 nitrogen and oxygen atoms in total. The lowest BCUT2D eigenvalue weighted by Crippen LogP contribution is -2.46. The highest BCUT2D eigenvalue weighted by Gasteiger charge is 2.28. The minimum atomic E-state index is -3.67. The van der Waals surface area contributed by atoms with Crippen molar-refractivity contribution < 1.29 is 18.8 Å². The summed E-state index contributed by atoms with van der Waals surface area (Å²) in [7, 11) is -3.67. The Morgan fingerprint density at radius 1 is 1.43 bits per heavy atom. The minimum Gasteiger partial charge on any atom is -0.340 e. The van der Waals surface area contributed by atoms with Gasteiger partial charge in [-0.15, -0.1) is 0 Å². The number of carbonyl (C=O) groups excluding carboxylic acids is 1. The maximum Gasteiger partial charge on any atom is 0.328 e. The lowest BCUT2D eigenvalue weighted by atomic mass is 10.0. The highest BCUT2D eigenvalue weighted by Crippen LogP contribution is 2.44. The van der Waals surface area contributed by atoms with Gasteiger partial charge in [0.2, 0.25) is 5.91 Å². The van der Waals surface area contributed by atoms with Crippen LogP contribution in [0, 0.1) is 0 Å². The largest absolute Gasteiger partial charge is 0.340 e. The van der Waals surface area contributed by atoms with Gasteiger partial charge < -0.3 is 19.6 Å². The van der Waals surface area contributed by atoms with Gasteiger partial charge in [-0.2, -0.15) is 0 Å². The van der Waals surface area contributed by atoms with Gasteiger partial charge in [-0.25, -0.2) is 0 Å². The first kappa shape index (κ1) is 18.6. The molecular formula is C14H29N2O4P. The Labute approximate surface area is 127 Å². The fourth-order valence-corrected chi connectivity index (χ4v) is 3.84. The second-order valence-electron chi connectivity index (χ2n) is 5.60. The van der Waals surface area contributed by atoms with Crippen molar-refractivity contribution in [1.29, 1.82) is 0 Å². The number of rotatable bonds is 8. The number of nitrogens with zero attached hydrogens (tertiary/aromatic N) is 1. The molecule has 21 heavy (non-hydrogen) atoms. The number of hydrogen-bond acceptors (Lipinski definition) is 4.